The van der Waals surface area contributed by atoms with Crippen LogP contribution in [0.25, 0.3) is 10.9 Å². The number of benzene rings is 1. The van der Waals surface area contributed by atoms with Gasteiger partial charge >= 0.3 is 0 Å². The fourth-order valence-corrected chi connectivity index (χ4v) is 3.46. The molecule has 1 aromatic carbocycles. The van der Waals surface area contributed by atoms with Crippen LogP contribution >= 0.6 is 11.8 Å². The molecule has 4 heteroatoms. The Kier molecular flexibility index (Phi) is 4.90. The number of hydrogen-bond acceptors (Lipinski definition) is 4. The highest BCUT2D eigenvalue weighted by Crippen LogP contribution is 2.11. The molecule has 0 unspecified atom stereocenters. The van der Waals surface area contributed by atoms with Gasteiger partial charge in [-0.05, 0) is 12.1 Å². The van der Waals surface area contributed by atoms with Crippen LogP contribution in [0.4, 0.5) is 0 Å². The molecule has 1 aromatic heterocycles. The Bertz CT molecular complexity index is 552. The second-order valence-electron chi connectivity index (χ2n) is 5.13. The summed E-state index contributed by atoms with van der Waals surface area (Å²) >= 11 is 2.06. The number of rotatable bonds is 5. The molecule has 1 aliphatic rings. The van der Waals surface area contributed by atoms with Crippen molar-refractivity contribution in [1.29, 1.82) is 0 Å². The van der Waals surface area contributed by atoms with Gasteiger partial charge in [0.25, 0.3) is 0 Å². The zero-order valence-electron chi connectivity index (χ0n) is 11.7. The van der Waals surface area contributed by atoms with E-state index in [2.05, 4.69) is 57.3 Å². The first-order chi connectivity index (χ1) is 9.92. The lowest BCUT2D eigenvalue weighted by Crippen LogP contribution is -2.37. The van der Waals surface area contributed by atoms with Crippen LogP contribution in [0, 0.1) is 0 Å². The fourth-order valence-electron chi connectivity index (χ4n) is 2.49. The van der Waals surface area contributed by atoms with E-state index < -0.39 is 0 Å². The van der Waals surface area contributed by atoms with Crippen molar-refractivity contribution in [3.8, 4) is 0 Å². The summed E-state index contributed by atoms with van der Waals surface area (Å²) in [4.78, 5) is 7.22. The SMILES string of the molecule is c1ccc2nc(CNCCN3CCSCC3)ccc2c1. The maximum atomic E-state index is 4.68. The third kappa shape index (κ3) is 3.72. The largest absolute Gasteiger partial charge is 0.310 e. The molecule has 2 aromatic rings. The molecule has 1 fully saturated rings. The molecular formula is C16H21N3S. The minimum Gasteiger partial charge on any atom is -0.310 e. The van der Waals surface area contributed by atoms with E-state index in [1.807, 2.05) is 6.07 Å². The number of thioether (sulfide) groups is 1. The van der Waals surface area contributed by atoms with Crippen LogP contribution < -0.4 is 5.32 Å². The topological polar surface area (TPSA) is 28.2 Å². The average Bonchev–Trinajstić information content (AvgIpc) is 2.52. The van der Waals surface area contributed by atoms with Gasteiger partial charge in [0.05, 0.1) is 11.2 Å². The van der Waals surface area contributed by atoms with Crippen LogP contribution in [0.15, 0.2) is 36.4 Å². The second kappa shape index (κ2) is 7.07. The van der Waals surface area contributed by atoms with E-state index in [0.717, 1.165) is 30.8 Å². The monoisotopic (exact) mass is 287 g/mol. The summed E-state index contributed by atoms with van der Waals surface area (Å²) < 4.78 is 0. The third-order valence-corrected chi connectivity index (χ3v) is 4.61. The smallest absolute Gasteiger partial charge is 0.0705 e. The molecule has 106 valence electrons. The number of nitrogens with one attached hydrogen (secondary N) is 1. The average molecular weight is 287 g/mol. The number of aromatic nitrogens is 1. The van der Waals surface area contributed by atoms with Crippen molar-refractivity contribution in [3.05, 3.63) is 42.1 Å². The van der Waals surface area contributed by atoms with Crippen LogP contribution in [0.3, 0.4) is 0 Å². The highest BCUT2D eigenvalue weighted by Gasteiger charge is 2.09. The maximum Gasteiger partial charge on any atom is 0.0705 e. The van der Waals surface area contributed by atoms with Crippen molar-refractivity contribution in [1.82, 2.24) is 15.2 Å². The van der Waals surface area contributed by atoms with Crippen molar-refractivity contribution in [3.63, 3.8) is 0 Å². The first kappa shape index (κ1) is 13.9. The Morgan fingerprint density at radius 1 is 1.10 bits per heavy atom. The molecule has 1 N–H and O–H groups in total. The normalized spacial score (nSPS) is 16.6. The van der Waals surface area contributed by atoms with E-state index in [-0.39, 0.29) is 0 Å². The first-order valence-corrected chi connectivity index (χ1v) is 8.43. The first-order valence-electron chi connectivity index (χ1n) is 7.27. The van der Waals surface area contributed by atoms with Gasteiger partial charge in [-0.2, -0.15) is 11.8 Å². The van der Waals surface area contributed by atoms with E-state index in [4.69, 9.17) is 0 Å². The number of pyridine rings is 1. The second-order valence-corrected chi connectivity index (χ2v) is 6.35. The van der Waals surface area contributed by atoms with Gasteiger partial charge in [-0.1, -0.05) is 24.3 Å². The van der Waals surface area contributed by atoms with E-state index in [0.29, 0.717) is 0 Å². The molecule has 0 atom stereocenters. The quantitative estimate of drug-likeness (QED) is 0.855. The molecule has 3 nitrogen and oxygen atoms in total. The van der Waals surface area contributed by atoms with Gasteiger partial charge in [0.15, 0.2) is 0 Å². The Morgan fingerprint density at radius 3 is 2.85 bits per heavy atom. The van der Waals surface area contributed by atoms with Gasteiger partial charge in [-0.25, -0.2) is 0 Å². The molecule has 1 aliphatic heterocycles. The third-order valence-electron chi connectivity index (χ3n) is 3.67. The summed E-state index contributed by atoms with van der Waals surface area (Å²) in [5.74, 6) is 2.57. The highest BCUT2D eigenvalue weighted by molar-refractivity contribution is 7.99. The summed E-state index contributed by atoms with van der Waals surface area (Å²) in [6.45, 7) is 5.52. The number of fused-ring (bicyclic) bond motifs is 1. The van der Waals surface area contributed by atoms with Gasteiger partial charge < -0.3 is 10.2 Å². The molecule has 1 saturated heterocycles. The van der Waals surface area contributed by atoms with Crippen LogP contribution in [0.1, 0.15) is 5.69 Å². The van der Waals surface area contributed by atoms with Gasteiger partial charge in [0.2, 0.25) is 0 Å². The zero-order chi connectivity index (χ0) is 13.6. The maximum absolute atomic E-state index is 4.68. The molecule has 20 heavy (non-hydrogen) atoms. The molecular weight excluding hydrogens is 266 g/mol. The summed E-state index contributed by atoms with van der Waals surface area (Å²) in [6, 6.07) is 12.5. The van der Waals surface area contributed by atoms with Gasteiger partial charge in [0.1, 0.15) is 0 Å². The van der Waals surface area contributed by atoms with Crippen molar-refractivity contribution < 1.29 is 0 Å². The molecule has 0 aliphatic carbocycles. The van der Waals surface area contributed by atoms with E-state index in [1.165, 1.54) is 30.0 Å². The van der Waals surface area contributed by atoms with Crippen LogP contribution in [0.2, 0.25) is 0 Å². The van der Waals surface area contributed by atoms with Gasteiger partial charge in [-0.15, -0.1) is 0 Å². The van der Waals surface area contributed by atoms with Gasteiger partial charge in [0, 0.05) is 49.6 Å². The number of para-hydroxylation sites is 1. The van der Waals surface area contributed by atoms with Gasteiger partial charge in [-0.3, -0.25) is 4.98 Å². The lowest BCUT2D eigenvalue weighted by Gasteiger charge is -2.26. The minimum atomic E-state index is 0.855. The molecule has 0 saturated carbocycles. The Hall–Kier alpha value is -1.10. The van der Waals surface area contributed by atoms with Crippen LogP contribution in [0.5, 0.6) is 0 Å². The van der Waals surface area contributed by atoms with E-state index in [9.17, 15) is 0 Å². The summed E-state index contributed by atoms with van der Waals surface area (Å²) in [5.41, 5.74) is 2.21. The van der Waals surface area contributed by atoms with E-state index >= 15 is 0 Å². The summed E-state index contributed by atoms with van der Waals surface area (Å²) in [5, 5.41) is 4.71. The summed E-state index contributed by atoms with van der Waals surface area (Å²) in [6.07, 6.45) is 0. The molecule has 0 radical (unpaired) electrons. The van der Waals surface area contributed by atoms with Crippen LogP contribution in [-0.2, 0) is 6.54 Å². The minimum absolute atomic E-state index is 0.855. The number of nitrogens with zero attached hydrogens (tertiary/aromatic N) is 2. The molecule has 0 bridgehead atoms. The fraction of sp³-hybridized carbons (Fsp3) is 0.438. The van der Waals surface area contributed by atoms with E-state index in [1.54, 1.807) is 0 Å². The molecule has 0 amide bonds. The van der Waals surface area contributed by atoms with Crippen molar-refractivity contribution in [2.24, 2.45) is 0 Å². The lowest BCUT2D eigenvalue weighted by atomic mass is 10.2. The van der Waals surface area contributed by atoms with Crippen molar-refractivity contribution >= 4 is 22.7 Å². The Balaban J connectivity index is 1.47. The predicted molar refractivity (Wildman–Crippen MR) is 87.2 cm³/mol. The van der Waals surface area contributed by atoms with Crippen molar-refractivity contribution in [2.75, 3.05) is 37.7 Å². The predicted octanol–water partition coefficient (Wildman–Crippen LogP) is 2.37. The highest BCUT2D eigenvalue weighted by atomic mass is 32.2. The van der Waals surface area contributed by atoms with Crippen molar-refractivity contribution in [2.45, 2.75) is 6.54 Å². The number of hydrogen-bond donors (Lipinski definition) is 1. The molecule has 3 rings (SSSR count). The molecule has 2 heterocycles. The zero-order valence-corrected chi connectivity index (χ0v) is 12.5. The van der Waals surface area contributed by atoms with Crippen LogP contribution in [-0.4, -0.2) is 47.6 Å². The summed E-state index contributed by atoms with van der Waals surface area (Å²) in [7, 11) is 0. The lowest BCUT2D eigenvalue weighted by molar-refractivity contribution is 0.301. The standard InChI is InChI=1S/C16H21N3S/c1-2-4-16-14(3-1)5-6-15(18-16)13-17-7-8-19-9-11-20-12-10-19/h1-6,17H,7-13H2. The molecule has 0 spiro atoms. The Morgan fingerprint density at radius 2 is 1.95 bits per heavy atom. The Labute approximate surface area is 124 Å².